The average molecular weight is 222 g/mol. The van der Waals surface area contributed by atoms with Crippen molar-refractivity contribution in [1.82, 2.24) is 0 Å². The zero-order valence-corrected chi connectivity index (χ0v) is 9.69. The molecule has 0 aliphatic heterocycles. The van der Waals surface area contributed by atoms with Crippen LogP contribution < -0.4 is 20.5 Å². The maximum absolute atomic E-state index is 5.75. The minimum atomic E-state index is 0.349. The maximum Gasteiger partial charge on any atom is 0.145 e. The molecule has 3 N–H and O–H groups in total. The van der Waals surface area contributed by atoms with Gasteiger partial charge in [-0.05, 0) is 25.0 Å². The number of ether oxygens (including phenoxy) is 2. The third kappa shape index (κ3) is 2.22. The van der Waals surface area contributed by atoms with E-state index in [1.807, 2.05) is 18.2 Å². The van der Waals surface area contributed by atoms with E-state index in [-0.39, 0.29) is 0 Å². The quantitative estimate of drug-likeness (QED) is 0.812. The predicted molar refractivity (Wildman–Crippen MR) is 64.2 cm³/mol. The van der Waals surface area contributed by atoms with E-state index >= 15 is 0 Å². The van der Waals surface area contributed by atoms with Crippen LogP contribution in [0.2, 0.25) is 0 Å². The van der Waals surface area contributed by atoms with Crippen LogP contribution in [0.25, 0.3) is 0 Å². The Balaban J connectivity index is 2.07. The fourth-order valence-electron chi connectivity index (χ4n) is 1.92. The second-order valence-corrected chi connectivity index (χ2v) is 4.14. The zero-order chi connectivity index (χ0) is 11.5. The van der Waals surface area contributed by atoms with Gasteiger partial charge in [0, 0.05) is 18.2 Å². The van der Waals surface area contributed by atoms with E-state index < -0.39 is 0 Å². The molecule has 1 aliphatic carbocycles. The molecule has 1 fully saturated rings. The molecule has 0 heterocycles. The molecule has 0 spiro atoms. The van der Waals surface area contributed by atoms with Gasteiger partial charge in [-0.25, -0.2) is 0 Å². The molecule has 0 saturated heterocycles. The first-order valence-electron chi connectivity index (χ1n) is 5.47. The van der Waals surface area contributed by atoms with E-state index in [2.05, 4.69) is 5.32 Å². The van der Waals surface area contributed by atoms with Gasteiger partial charge in [0.15, 0.2) is 0 Å². The Hall–Kier alpha value is -1.42. The van der Waals surface area contributed by atoms with Crippen molar-refractivity contribution in [1.29, 1.82) is 0 Å². The van der Waals surface area contributed by atoms with Gasteiger partial charge in [-0.3, -0.25) is 0 Å². The van der Waals surface area contributed by atoms with E-state index in [4.69, 9.17) is 15.2 Å². The van der Waals surface area contributed by atoms with Crippen LogP contribution in [0.1, 0.15) is 12.8 Å². The molecule has 0 radical (unpaired) electrons. The van der Waals surface area contributed by atoms with Crippen molar-refractivity contribution < 1.29 is 9.47 Å². The zero-order valence-electron chi connectivity index (χ0n) is 9.69. The van der Waals surface area contributed by atoms with Gasteiger partial charge in [-0.1, -0.05) is 0 Å². The second-order valence-electron chi connectivity index (χ2n) is 4.14. The number of hydrogen-bond acceptors (Lipinski definition) is 4. The van der Waals surface area contributed by atoms with Crippen LogP contribution in [-0.4, -0.2) is 26.3 Å². The van der Waals surface area contributed by atoms with Gasteiger partial charge in [-0.2, -0.15) is 0 Å². The first-order valence-corrected chi connectivity index (χ1v) is 5.47. The summed E-state index contributed by atoms with van der Waals surface area (Å²) < 4.78 is 10.5. The molecule has 1 aliphatic rings. The molecule has 0 bridgehead atoms. The van der Waals surface area contributed by atoms with Crippen molar-refractivity contribution in [3.8, 4) is 11.5 Å². The SMILES string of the molecule is COc1ccc(NC2CC(N)C2)c(OC)c1. The summed E-state index contributed by atoms with van der Waals surface area (Å²) in [5.74, 6) is 1.60. The summed E-state index contributed by atoms with van der Waals surface area (Å²) in [4.78, 5) is 0. The van der Waals surface area contributed by atoms with Crippen LogP contribution in [0, 0.1) is 0 Å². The Labute approximate surface area is 95.7 Å². The number of nitrogens with two attached hydrogens (primary N) is 1. The van der Waals surface area contributed by atoms with E-state index in [1.165, 1.54) is 0 Å². The molecule has 1 saturated carbocycles. The third-order valence-electron chi connectivity index (χ3n) is 2.94. The van der Waals surface area contributed by atoms with Gasteiger partial charge in [0.1, 0.15) is 11.5 Å². The van der Waals surface area contributed by atoms with Crippen molar-refractivity contribution in [3.63, 3.8) is 0 Å². The monoisotopic (exact) mass is 222 g/mol. The lowest BCUT2D eigenvalue weighted by Crippen LogP contribution is -2.44. The fourth-order valence-corrected chi connectivity index (χ4v) is 1.92. The van der Waals surface area contributed by atoms with Gasteiger partial charge in [-0.15, -0.1) is 0 Å². The van der Waals surface area contributed by atoms with Crippen molar-refractivity contribution >= 4 is 5.69 Å². The number of rotatable bonds is 4. The van der Waals surface area contributed by atoms with Crippen LogP contribution in [-0.2, 0) is 0 Å². The Morgan fingerprint density at radius 1 is 1.25 bits per heavy atom. The average Bonchev–Trinajstić information content (AvgIpc) is 2.27. The molecule has 88 valence electrons. The highest BCUT2D eigenvalue weighted by Gasteiger charge is 2.26. The van der Waals surface area contributed by atoms with E-state index in [0.717, 1.165) is 30.0 Å². The molecule has 16 heavy (non-hydrogen) atoms. The number of benzene rings is 1. The molecule has 1 aromatic rings. The highest BCUT2D eigenvalue weighted by atomic mass is 16.5. The van der Waals surface area contributed by atoms with E-state index in [0.29, 0.717) is 12.1 Å². The summed E-state index contributed by atoms with van der Waals surface area (Å²) in [6.45, 7) is 0. The summed E-state index contributed by atoms with van der Waals surface area (Å²) in [6, 6.07) is 6.59. The van der Waals surface area contributed by atoms with Crippen LogP contribution in [0.5, 0.6) is 11.5 Å². The summed E-state index contributed by atoms with van der Waals surface area (Å²) in [5.41, 5.74) is 6.75. The van der Waals surface area contributed by atoms with Crippen LogP contribution in [0.3, 0.4) is 0 Å². The molecule has 0 unspecified atom stereocenters. The summed E-state index contributed by atoms with van der Waals surface area (Å²) >= 11 is 0. The number of anilines is 1. The van der Waals surface area contributed by atoms with Crippen molar-refractivity contribution in [3.05, 3.63) is 18.2 Å². The van der Waals surface area contributed by atoms with E-state index in [1.54, 1.807) is 14.2 Å². The number of methoxy groups -OCH3 is 2. The van der Waals surface area contributed by atoms with Gasteiger partial charge in [0.05, 0.1) is 19.9 Å². The van der Waals surface area contributed by atoms with Crippen LogP contribution in [0.15, 0.2) is 18.2 Å². The van der Waals surface area contributed by atoms with Crippen LogP contribution >= 0.6 is 0 Å². The van der Waals surface area contributed by atoms with Crippen molar-refractivity contribution in [2.45, 2.75) is 24.9 Å². The Morgan fingerprint density at radius 2 is 2.00 bits per heavy atom. The molecule has 0 atom stereocenters. The minimum Gasteiger partial charge on any atom is -0.497 e. The van der Waals surface area contributed by atoms with Crippen molar-refractivity contribution in [2.75, 3.05) is 19.5 Å². The normalized spacial score (nSPS) is 23.4. The highest BCUT2D eigenvalue weighted by Crippen LogP contribution is 2.32. The third-order valence-corrected chi connectivity index (χ3v) is 2.94. The Bertz CT molecular complexity index is 362. The molecular weight excluding hydrogens is 204 g/mol. The lowest BCUT2D eigenvalue weighted by Gasteiger charge is -2.34. The lowest BCUT2D eigenvalue weighted by molar-refractivity contribution is 0.368. The Morgan fingerprint density at radius 3 is 2.56 bits per heavy atom. The minimum absolute atomic E-state index is 0.349. The molecule has 2 rings (SSSR count). The maximum atomic E-state index is 5.75. The van der Waals surface area contributed by atoms with Gasteiger partial charge < -0.3 is 20.5 Å². The molecular formula is C12H18N2O2. The number of hydrogen-bond donors (Lipinski definition) is 2. The first-order chi connectivity index (χ1) is 7.72. The van der Waals surface area contributed by atoms with Crippen molar-refractivity contribution in [2.24, 2.45) is 5.73 Å². The smallest absolute Gasteiger partial charge is 0.145 e. The largest absolute Gasteiger partial charge is 0.497 e. The fraction of sp³-hybridized carbons (Fsp3) is 0.500. The molecule has 1 aromatic carbocycles. The number of nitrogens with one attached hydrogen (secondary N) is 1. The summed E-state index contributed by atoms with van der Waals surface area (Å²) in [5, 5.41) is 3.42. The standard InChI is InChI=1S/C12H18N2O2/c1-15-10-3-4-11(12(7-10)16-2)14-9-5-8(13)6-9/h3-4,7-9,14H,5-6,13H2,1-2H3. The van der Waals surface area contributed by atoms with Gasteiger partial charge in [0.2, 0.25) is 0 Å². The van der Waals surface area contributed by atoms with Gasteiger partial charge in [0.25, 0.3) is 0 Å². The molecule has 4 nitrogen and oxygen atoms in total. The lowest BCUT2D eigenvalue weighted by atomic mass is 9.87. The van der Waals surface area contributed by atoms with E-state index in [9.17, 15) is 0 Å². The summed E-state index contributed by atoms with van der Waals surface area (Å²) in [6.07, 6.45) is 2.05. The van der Waals surface area contributed by atoms with Gasteiger partial charge >= 0.3 is 0 Å². The topological polar surface area (TPSA) is 56.5 Å². The first kappa shape index (κ1) is 11.1. The Kier molecular flexibility index (Phi) is 3.19. The molecule has 0 aromatic heterocycles. The second kappa shape index (κ2) is 4.61. The molecule has 4 heteroatoms. The highest BCUT2D eigenvalue weighted by molar-refractivity contribution is 5.59. The summed E-state index contributed by atoms with van der Waals surface area (Å²) in [7, 11) is 3.30. The van der Waals surface area contributed by atoms with Crippen LogP contribution in [0.4, 0.5) is 5.69 Å². The predicted octanol–water partition coefficient (Wildman–Crippen LogP) is 1.61. The molecule has 0 amide bonds.